The van der Waals surface area contributed by atoms with Crippen LogP contribution in [0.2, 0.25) is 0 Å². The van der Waals surface area contributed by atoms with Crippen molar-refractivity contribution < 1.29 is 4.79 Å². The summed E-state index contributed by atoms with van der Waals surface area (Å²) in [6.45, 7) is 0. The monoisotopic (exact) mass is 328 g/mol. The Morgan fingerprint density at radius 1 is 1.26 bits per heavy atom. The molecule has 0 spiro atoms. The Balaban J connectivity index is 1.44. The van der Waals surface area contributed by atoms with Crippen LogP contribution in [0.1, 0.15) is 25.7 Å². The van der Waals surface area contributed by atoms with E-state index < -0.39 is 0 Å². The van der Waals surface area contributed by atoms with Crippen molar-refractivity contribution in [1.82, 2.24) is 14.8 Å². The molecule has 2 saturated carbocycles. The van der Waals surface area contributed by atoms with E-state index in [1.165, 1.54) is 36.7 Å². The molecular weight excluding hydrogens is 308 g/mol. The highest BCUT2D eigenvalue weighted by Crippen LogP contribution is 2.50. The number of thioether (sulfide) groups is 1. The Labute approximate surface area is 140 Å². The largest absolute Gasteiger partial charge is 0.350 e. The molecule has 1 aromatic heterocycles. The summed E-state index contributed by atoms with van der Waals surface area (Å²) < 4.78 is 1.34. The summed E-state index contributed by atoms with van der Waals surface area (Å²) in [5, 5.41) is 5.73. The molecule has 23 heavy (non-hydrogen) atoms. The number of amides is 1. The number of benzene rings is 1. The summed E-state index contributed by atoms with van der Waals surface area (Å²) in [5.41, 5.74) is 0.843. The van der Waals surface area contributed by atoms with E-state index in [-0.39, 0.29) is 6.03 Å². The number of nitrogens with zero attached hydrogens (tertiary/aromatic N) is 4. The van der Waals surface area contributed by atoms with E-state index in [1.54, 1.807) is 23.7 Å². The summed E-state index contributed by atoms with van der Waals surface area (Å²) in [7, 11) is 1.75. The third-order valence-corrected chi connectivity index (χ3v) is 6.31. The summed E-state index contributed by atoms with van der Waals surface area (Å²) in [6, 6.07) is 9.37. The third kappa shape index (κ3) is 2.87. The van der Waals surface area contributed by atoms with Crippen LogP contribution in [0.3, 0.4) is 0 Å². The van der Waals surface area contributed by atoms with E-state index in [1.807, 2.05) is 30.3 Å². The number of anilines is 1. The topological polar surface area (TPSA) is 51.0 Å². The van der Waals surface area contributed by atoms with E-state index in [0.29, 0.717) is 5.25 Å². The first-order valence-electron chi connectivity index (χ1n) is 8.12. The second kappa shape index (κ2) is 6.00. The minimum absolute atomic E-state index is 0.191. The molecule has 2 aliphatic carbocycles. The second-order valence-corrected chi connectivity index (χ2v) is 7.69. The standard InChI is InChI=1S/C17H20N4OS/c1-20(14-5-3-2-4-6-14)17(22)21-11-18-16(19-21)23-15-10-12-7-8-13(15)9-12/h2-6,11-13,15H,7-10H2,1H3/t12-,13+,15+/m0/s1. The molecule has 120 valence electrons. The first-order valence-corrected chi connectivity index (χ1v) is 9.00. The van der Waals surface area contributed by atoms with Crippen LogP contribution in [0.25, 0.3) is 0 Å². The Bertz CT molecular complexity index is 702. The summed E-state index contributed by atoms with van der Waals surface area (Å²) in [6.07, 6.45) is 6.91. The predicted molar refractivity (Wildman–Crippen MR) is 90.8 cm³/mol. The van der Waals surface area contributed by atoms with Gasteiger partial charge in [0.05, 0.1) is 0 Å². The van der Waals surface area contributed by atoms with Gasteiger partial charge in [0.15, 0.2) is 0 Å². The number of fused-ring (bicyclic) bond motifs is 2. The summed E-state index contributed by atoms with van der Waals surface area (Å²) in [4.78, 5) is 18.4. The molecule has 1 heterocycles. The molecule has 2 aliphatic rings. The molecule has 5 nitrogen and oxygen atoms in total. The van der Waals surface area contributed by atoms with Crippen LogP contribution in [0.5, 0.6) is 0 Å². The van der Waals surface area contributed by atoms with E-state index in [0.717, 1.165) is 22.7 Å². The van der Waals surface area contributed by atoms with Crippen molar-refractivity contribution >= 4 is 23.5 Å². The SMILES string of the molecule is CN(C(=O)n1cnc(S[C@@H]2C[C@H]3CC[C@@H]2C3)n1)c1ccccc1. The number of aromatic nitrogens is 3. The van der Waals surface area contributed by atoms with Crippen molar-refractivity contribution in [3.05, 3.63) is 36.7 Å². The van der Waals surface area contributed by atoms with Gasteiger partial charge in [-0.3, -0.25) is 4.90 Å². The minimum atomic E-state index is -0.191. The molecule has 0 saturated heterocycles. The number of hydrogen-bond donors (Lipinski definition) is 0. The molecular formula is C17H20N4OS. The molecule has 3 atom stereocenters. The van der Waals surface area contributed by atoms with Gasteiger partial charge in [-0.25, -0.2) is 9.78 Å². The van der Waals surface area contributed by atoms with Gasteiger partial charge in [-0.1, -0.05) is 36.4 Å². The van der Waals surface area contributed by atoms with Gasteiger partial charge in [0.1, 0.15) is 6.33 Å². The first-order chi connectivity index (χ1) is 11.2. The van der Waals surface area contributed by atoms with Crippen LogP contribution in [0.15, 0.2) is 41.8 Å². The van der Waals surface area contributed by atoms with Crippen LogP contribution in [-0.4, -0.2) is 33.1 Å². The van der Waals surface area contributed by atoms with Crippen molar-refractivity contribution in [2.45, 2.75) is 36.1 Å². The molecule has 1 amide bonds. The zero-order valence-corrected chi connectivity index (χ0v) is 13.9. The van der Waals surface area contributed by atoms with Crippen molar-refractivity contribution in [3.63, 3.8) is 0 Å². The first kappa shape index (κ1) is 14.8. The predicted octanol–water partition coefficient (Wildman–Crippen LogP) is 3.66. The molecule has 2 aromatic rings. The highest BCUT2D eigenvalue weighted by molar-refractivity contribution is 7.99. The maximum absolute atomic E-state index is 12.5. The van der Waals surface area contributed by atoms with Crippen LogP contribution in [0, 0.1) is 11.8 Å². The zero-order valence-electron chi connectivity index (χ0n) is 13.1. The van der Waals surface area contributed by atoms with Crippen LogP contribution >= 0.6 is 11.8 Å². The molecule has 2 bridgehead atoms. The van der Waals surface area contributed by atoms with E-state index in [2.05, 4.69) is 10.1 Å². The lowest BCUT2D eigenvalue weighted by Crippen LogP contribution is -2.31. The van der Waals surface area contributed by atoms with Gasteiger partial charge in [-0.05, 0) is 43.2 Å². The van der Waals surface area contributed by atoms with Crippen molar-refractivity contribution in [1.29, 1.82) is 0 Å². The van der Waals surface area contributed by atoms with Gasteiger partial charge in [-0.15, -0.1) is 5.10 Å². The van der Waals surface area contributed by atoms with Crippen LogP contribution in [0.4, 0.5) is 10.5 Å². The van der Waals surface area contributed by atoms with Gasteiger partial charge < -0.3 is 0 Å². The van der Waals surface area contributed by atoms with E-state index >= 15 is 0 Å². The lowest BCUT2D eigenvalue weighted by atomic mass is 10.0. The molecule has 6 heteroatoms. The fourth-order valence-corrected chi connectivity index (χ4v) is 5.10. The summed E-state index contributed by atoms with van der Waals surface area (Å²) in [5.74, 6) is 1.73. The molecule has 0 unspecified atom stereocenters. The van der Waals surface area contributed by atoms with Gasteiger partial charge in [0, 0.05) is 18.0 Å². The zero-order chi connectivity index (χ0) is 15.8. The highest BCUT2D eigenvalue weighted by Gasteiger charge is 2.40. The average molecular weight is 328 g/mol. The number of para-hydroxylation sites is 1. The number of carbonyl (C=O) groups is 1. The normalized spacial score (nSPS) is 25.7. The molecule has 1 aromatic carbocycles. The second-order valence-electron chi connectivity index (χ2n) is 6.48. The van der Waals surface area contributed by atoms with Crippen molar-refractivity contribution in [2.24, 2.45) is 11.8 Å². The van der Waals surface area contributed by atoms with Gasteiger partial charge in [-0.2, -0.15) is 4.68 Å². The van der Waals surface area contributed by atoms with Gasteiger partial charge in [0.25, 0.3) is 0 Å². The summed E-state index contributed by atoms with van der Waals surface area (Å²) >= 11 is 1.75. The Kier molecular flexibility index (Phi) is 3.85. The minimum Gasteiger partial charge on any atom is -0.296 e. The third-order valence-electron chi connectivity index (χ3n) is 5.03. The number of rotatable bonds is 3. The molecule has 0 radical (unpaired) electrons. The highest BCUT2D eigenvalue weighted by atomic mass is 32.2. The van der Waals surface area contributed by atoms with E-state index in [9.17, 15) is 4.79 Å². The number of carbonyl (C=O) groups excluding carboxylic acids is 1. The fourth-order valence-electron chi connectivity index (χ4n) is 3.78. The Morgan fingerprint density at radius 3 is 2.78 bits per heavy atom. The van der Waals surface area contributed by atoms with Crippen molar-refractivity contribution in [2.75, 3.05) is 11.9 Å². The Hall–Kier alpha value is -1.82. The maximum atomic E-state index is 12.5. The van der Waals surface area contributed by atoms with E-state index in [4.69, 9.17) is 0 Å². The molecule has 0 aliphatic heterocycles. The number of hydrogen-bond acceptors (Lipinski definition) is 4. The average Bonchev–Trinajstić information content (AvgIpc) is 3.31. The van der Waals surface area contributed by atoms with Gasteiger partial charge in [0.2, 0.25) is 5.16 Å². The quantitative estimate of drug-likeness (QED) is 0.863. The van der Waals surface area contributed by atoms with Crippen LogP contribution < -0.4 is 4.90 Å². The lowest BCUT2D eigenvalue weighted by Gasteiger charge is -2.19. The van der Waals surface area contributed by atoms with Crippen LogP contribution in [-0.2, 0) is 0 Å². The maximum Gasteiger partial charge on any atom is 0.350 e. The van der Waals surface area contributed by atoms with Crippen molar-refractivity contribution in [3.8, 4) is 0 Å². The molecule has 0 N–H and O–H groups in total. The fraction of sp³-hybridized carbons (Fsp3) is 0.471. The molecule has 4 rings (SSSR count). The molecule has 2 fully saturated rings. The van der Waals surface area contributed by atoms with Gasteiger partial charge >= 0.3 is 6.03 Å². The Morgan fingerprint density at radius 2 is 2.09 bits per heavy atom. The smallest absolute Gasteiger partial charge is 0.296 e. The lowest BCUT2D eigenvalue weighted by molar-refractivity contribution is 0.246.